The van der Waals surface area contributed by atoms with E-state index in [1.165, 1.54) is 12.5 Å². The third-order valence-corrected chi connectivity index (χ3v) is 3.76. The monoisotopic (exact) mass is 259 g/mol. The summed E-state index contributed by atoms with van der Waals surface area (Å²) in [6, 6.07) is 6.75. The average molecular weight is 259 g/mol. The second-order valence-electron chi connectivity index (χ2n) is 4.93. The Bertz CT molecular complexity index is 522. The lowest BCUT2D eigenvalue weighted by molar-refractivity contribution is -0.385. The number of nitriles is 1. The van der Waals surface area contributed by atoms with Gasteiger partial charge in [-0.1, -0.05) is 13.3 Å². The third-order valence-electron chi connectivity index (χ3n) is 3.76. The molecule has 2 rings (SSSR count). The minimum atomic E-state index is -0.483. The van der Waals surface area contributed by atoms with Crippen LogP contribution in [0.5, 0.6) is 0 Å². The van der Waals surface area contributed by atoms with Crippen molar-refractivity contribution in [2.75, 3.05) is 18.0 Å². The Labute approximate surface area is 112 Å². The van der Waals surface area contributed by atoms with Gasteiger partial charge < -0.3 is 4.90 Å². The van der Waals surface area contributed by atoms with Gasteiger partial charge in [-0.15, -0.1) is 0 Å². The maximum atomic E-state index is 11.0. The van der Waals surface area contributed by atoms with Crippen LogP contribution in [0.1, 0.15) is 31.7 Å². The van der Waals surface area contributed by atoms with Crippen molar-refractivity contribution >= 4 is 11.4 Å². The Balaban J connectivity index is 2.28. The van der Waals surface area contributed by atoms with Gasteiger partial charge in [0.15, 0.2) is 0 Å². The summed E-state index contributed by atoms with van der Waals surface area (Å²) < 4.78 is 0. The molecule has 1 aromatic rings. The fraction of sp³-hybridized carbons (Fsp3) is 0.500. The van der Waals surface area contributed by atoms with Crippen LogP contribution in [0, 0.1) is 27.4 Å². The summed E-state index contributed by atoms with van der Waals surface area (Å²) in [5.74, 6) is 0.656. The minimum Gasteiger partial charge on any atom is -0.371 e. The van der Waals surface area contributed by atoms with Crippen molar-refractivity contribution in [1.29, 1.82) is 5.26 Å². The molecular formula is C14H17N3O2. The Morgan fingerprint density at radius 2 is 2.37 bits per heavy atom. The maximum absolute atomic E-state index is 11.0. The Morgan fingerprint density at radius 1 is 1.58 bits per heavy atom. The summed E-state index contributed by atoms with van der Waals surface area (Å²) >= 11 is 0. The number of nitro benzene ring substituents is 1. The van der Waals surface area contributed by atoms with Crippen molar-refractivity contribution in [3.63, 3.8) is 0 Å². The van der Waals surface area contributed by atoms with Crippen LogP contribution in [-0.2, 0) is 0 Å². The van der Waals surface area contributed by atoms with Crippen LogP contribution in [0.25, 0.3) is 0 Å². The minimum absolute atomic E-state index is 0.0985. The molecule has 1 aromatic carbocycles. The summed E-state index contributed by atoms with van der Waals surface area (Å²) in [6.07, 6.45) is 3.48. The Kier molecular flexibility index (Phi) is 4.00. The van der Waals surface area contributed by atoms with Crippen LogP contribution >= 0.6 is 0 Å². The largest absolute Gasteiger partial charge is 0.371 e. The van der Waals surface area contributed by atoms with Gasteiger partial charge in [-0.3, -0.25) is 10.1 Å². The van der Waals surface area contributed by atoms with E-state index in [4.69, 9.17) is 5.26 Å². The highest BCUT2D eigenvalue weighted by Gasteiger charge is 2.21. The first-order valence-corrected chi connectivity index (χ1v) is 6.59. The molecule has 0 saturated carbocycles. The molecule has 100 valence electrons. The zero-order valence-corrected chi connectivity index (χ0v) is 11.0. The van der Waals surface area contributed by atoms with Crippen molar-refractivity contribution in [3.05, 3.63) is 33.9 Å². The molecule has 0 aromatic heterocycles. The molecule has 1 saturated heterocycles. The van der Waals surface area contributed by atoms with Crippen molar-refractivity contribution in [2.45, 2.75) is 26.2 Å². The molecular weight excluding hydrogens is 242 g/mol. The van der Waals surface area contributed by atoms with Crippen LogP contribution in [-0.4, -0.2) is 18.0 Å². The van der Waals surface area contributed by atoms with E-state index in [1.807, 2.05) is 12.1 Å². The molecule has 0 radical (unpaired) electrons. The summed E-state index contributed by atoms with van der Waals surface area (Å²) in [7, 11) is 0. The third kappa shape index (κ3) is 2.84. The standard InChI is InChI=1S/C14H17N3O2/c1-2-11-4-3-7-16(10-11)13-6-5-12(9-15)14(8-13)17(18)19/h5-6,8,11H,2-4,7,10H2,1H3. The number of rotatable bonds is 3. The maximum Gasteiger partial charge on any atom is 0.289 e. The second-order valence-corrected chi connectivity index (χ2v) is 4.93. The first kappa shape index (κ1) is 13.3. The lowest BCUT2D eigenvalue weighted by Gasteiger charge is -2.34. The van der Waals surface area contributed by atoms with E-state index in [0.717, 1.165) is 31.6 Å². The molecule has 1 aliphatic heterocycles. The fourth-order valence-electron chi connectivity index (χ4n) is 2.60. The molecule has 5 nitrogen and oxygen atoms in total. The predicted octanol–water partition coefficient (Wildman–Crippen LogP) is 3.09. The van der Waals surface area contributed by atoms with Gasteiger partial charge in [-0.05, 0) is 30.9 Å². The molecule has 0 aliphatic carbocycles. The first-order chi connectivity index (χ1) is 9.15. The Hall–Kier alpha value is -2.09. The van der Waals surface area contributed by atoms with Gasteiger partial charge >= 0.3 is 0 Å². The quantitative estimate of drug-likeness (QED) is 0.617. The highest BCUT2D eigenvalue weighted by Crippen LogP contribution is 2.29. The van der Waals surface area contributed by atoms with E-state index in [0.29, 0.717) is 5.92 Å². The van der Waals surface area contributed by atoms with Crippen LogP contribution in [0.4, 0.5) is 11.4 Å². The number of hydrogen-bond donors (Lipinski definition) is 0. The summed E-state index contributed by atoms with van der Waals surface area (Å²) in [5.41, 5.74) is 0.875. The predicted molar refractivity (Wildman–Crippen MR) is 73.0 cm³/mol. The van der Waals surface area contributed by atoms with Crippen molar-refractivity contribution in [3.8, 4) is 6.07 Å². The fourth-order valence-corrected chi connectivity index (χ4v) is 2.60. The average Bonchev–Trinajstić information content (AvgIpc) is 2.46. The number of benzene rings is 1. The number of piperidine rings is 1. The Morgan fingerprint density at radius 3 is 3.00 bits per heavy atom. The van der Waals surface area contributed by atoms with Gasteiger partial charge in [0.1, 0.15) is 11.6 Å². The van der Waals surface area contributed by atoms with Crippen LogP contribution in [0.3, 0.4) is 0 Å². The van der Waals surface area contributed by atoms with E-state index in [2.05, 4.69) is 11.8 Å². The van der Waals surface area contributed by atoms with E-state index in [9.17, 15) is 10.1 Å². The first-order valence-electron chi connectivity index (χ1n) is 6.59. The van der Waals surface area contributed by atoms with E-state index >= 15 is 0 Å². The van der Waals surface area contributed by atoms with Gasteiger partial charge in [0.05, 0.1) is 4.92 Å². The highest BCUT2D eigenvalue weighted by molar-refractivity contribution is 5.60. The summed E-state index contributed by atoms with van der Waals surface area (Å²) in [4.78, 5) is 12.7. The normalized spacial score (nSPS) is 18.9. The van der Waals surface area contributed by atoms with Crippen molar-refractivity contribution < 1.29 is 4.92 Å². The molecule has 0 amide bonds. The molecule has 1 fully saturated rings. The topological polar surface area (TPSA) is 70.2 Å². The molecule has 1 atom stereocenters. The molecule has 0 bridgehead atoms. The van der Waals surface area contributed by atoms with Gasteiger partial charge in [0, 0.05) is 24.8 Å². The highest BCUT2D eigenvalue weighted by atomic mass is 16.6. The SMILES string of the molecule is CCC1CCCN(c2ccc(C#N)c([N+](=O)[O-])c2)C1. The second kappa shape index (κ2) is 5.70. The molecule has 1 heterocycles. The van der Waals surface area contributed by atoms with E-state index < -0.39 is 4.92 Å². The molecule has 0 spiro atoms. The number of anilines is 1. The number of hydrogen-bond acceptors (Lipinski definition) is 4. The van der Waals surface area contributed by atoms with Gasteiger partial charge in [-0.25, -0.2) is 0 Å². The number of nitrogens with zero attached hydrogens (tertiary/aromatic N) is 3. The smallest absolute Gasteiger partial charge is 0.289 e. The van der Waals surface area contributed by atoms with Crippen LogP contribution in [0.15, 0.2) is 18.2 Å². The zero-order valence-electron chi connectivity index (χ0n) is 11.0. The lowest BCUT2D eigenvalue weighted by atomic mass is 9.95. The molecule has 0 N–H and O–H groups in total. The van der Waals surface area contributed by atoms with Gasteiger partial charge in [0.2, 0.25) is 0 Å². The van der Waals surface area contributed by atoms with E-state index in [-0.39, 0.29) is 11.3 Å². The lowest BCUT2D eigenvalue weighted by Crippen LogP contribution is -2.35. The number of nitro groups is 1. The molecule has 19 heavy (non-hydrogen) atoms. The summed E-state index contributed by atoms with van der Waals surface area (Å²) in [5, 5.41) is 19.9. The summed E-state index contributed by atoms with van der Waals surface area (Å²) in [6.45, 7) is 4.05. The van der Waals surface area contributed by atoms with Crippen molar-refractivity contribution in [1.82, 2.24) is 0 Å². The van der Waals surface area contributed by atoms with E-state index in [1.54, 1.807) is 6.07 Å². The van der Waals surface area contributed by atoms with Crippen LogP contribution in [0.2, 0.25) is 0 Å². The van der Waals surface area contributed by atoms with Crippen molar-refractivity contribution in [2.24, 2.45) is 5.92 Å². The molecule has 1 aliphatic rings. The molecule has 5 heteroatoms. The van der Waals surface area contributed by atoms with Gasteiger partial charge in [0.25, 0.3) is 5.69 Å². The zero-order chi connectivity index (χ0) is 13.8. The van der Waals surface area contributed by atoms with Crippen LogP contribution < -0.4 is 4.90 Å². The van der Waals surface area contributed by atoms with Gasteiger partial charge in [-0.2, -0.15) is 5.26 Å². The molecule has 1 unspecified atom stereocenters.